The summed E-state index contributed by atoms with van der Waals surface area (Å²) in [6.07, 6.45) is 8.30. The van der Waals surface area contributed by atoms with Gasteiger partial charge in [0.25, 0.3) is 0 Å². The molecule has 1 atom stereocenters. The average molecular weight is 277 g/mol. The van der Waals surface area contributed by atoms with E-state index in [4.69, 9.17) is 4.52 Å². The first-order chi connectivity index (χ1) is 9.81. The minimum atomic E-state index is 0.755. The first kappa shape index (κ1) is 14.1. The van der Waals surface area contributed by atoms with E-state index >= 15 is 0 Å². The monoisotopic (exact) mass is 277 g/mol. The van der Waals surface area contributed by atoms with Crippen LogP contribution in [0.5, 0.6) is 0 Å². The first-order valence-electron chi connectivity index (χ1n) is 8.20. The maximum atomic E-state index is 5.36. The topological polar surface area (TPSA) is 32.5 Å². The Labute approximate surface area is 122 Å². The molecule has 0 saturated carbocycles. The Morgan fingerprint density at radius 1 is 1.15 bits per heavy atom. The van der Waals surface area contributed by atoms with E-state index in [-0.39, 0.29) is 0 Å². The van der Waals surface area contributed by atoms with E-state index in [9.17, 15) is 0 Å². The number of rotatable bonds is 3. The molecule has 20 heavy (non-hydrogen) atoms. The highest BCUT2D eigenvalue weighted by Gasteiger charge is 2.26. The Hall–Kier alpha value is -0.870. The van der Waals surface area contributed by atoms with Gasteiger partial charge in [0.2, 0.25) is 0 Å². The van der Waals surface area contributed by atoms with Crippen molar-refractivity contribution in [2.24, 2.45) is 0 Å². The lowest BCUT2D eigenvalue weighted by Gasteiger charge is -2.38. The van der Waals surface area contributed by atoms with Crippen LogP contribution in [0, 0.1) is 6.92 Å². The quantitative estimate of drug-likeness (QED) is 0.850. The van der Waals surface area contributed by atoms with E-state index in [2.05, 4.69) is 21.0 Å². The van der Waals surface area contributed by atoms with Gasteiger partial charge in [-0.25, -0.2) is 0 Å². The smallest absolute Gasteiger partial charge is 0.150 e. The molecule has 112 valence electrons. The number of nitrogens with zero attached hydrogens (tertiary/aromatic N) is 3. The van der Waals surface area contributed by atoms with Crippen LogP contribution in [0.3, 0.4) is 0 Å². The summed E-state index contributed by atoms with van der Waals surface area (Å²) in [4.78, 5) is 5.28. The molecular weight excluding hydrogens is 250 g/mol. The molecule has 4 heteroatoms. The Morgan fingerprint density at radius 3 is 2.65 bits per heavy atom. The van der Waals surface area contributed by atoms with Crippen molar-refractivity contribution in [3.63, 3.8) is 0 Å². The van der Waals surface area contributed by atoms with Crippen LogP contribution in [0.15, 0.2) is 10.6 Å². The largest absolute Gasteiger partial charge is 0.360 e. The molecule has 0 aromatic carbocycles. The van der Waals surface area contributed by atoms with Gasteiger partial charge in [0.1, 0.15) is 0 Å². The minimum Gasteiger partial charge on any atom is -0.360 e. The zero-order valence-electron chi connectivity index (χ0n) is 12.7. The summed E-state index contributed by atoms with van der Waals surface area (Å²) >= 11 is 0. The molecule has 3 rings (SSSR count). The maximum absolute atomic E-state index is 5.36. The zero-order chi connectivity index (χ0) is 13.8. The van der Waals surface area contributed by atoms with Gasteiger partial charge in [-0.2, -0.15) is 0 Å². The molecule has 0 bridgehead atoms. The van der Waals surface area contributed by atoms with Gasteiger partial charge >= 0.3 is 0 Å². The van der Waals surface area contributed by atoms with Crippen molar-refractivity contribution < 1.29 is 4.52 Å². The van der Waals surface area contributed by atoms with Crippen molar-refractivity contribution in [1.29, 1.82) is 0 Å². The number of hydrogen-bond acceptors (Lipinski definition) is 4. The van der Waals surface area contributed by atoms with Gasteiger partial charge in [0, 0.05) is 18.7 Å². The predicted molar refractivity (Wildman–Crippen MR) is 79.6 cm³/mol. The molecule has 2 saturated heterocycles. The van der Waals surface area contributed by atoms with Crippen molar-refractivity contribution in [2.45, 2.75) is 58.0 Å². The fourth-order valence-corrected chi connectivity index (χ4v) is 3.64. The highest BCUT2D eigenvalue weighted by molar-refractivity contribution is 5.03. The molecule has 0 spiro atoms. The lowest BCUT2D eigenvalue weighted by atomic mass is 10.0. The molecule has 3 heterocycles. The molecule has 2 aliphatic heterocycles. The molecule has 2 aliphatic rings. The predicted octanol–water partition coefficient (Wildman–Crippen LogP) is 2.82. The van der Waals surface area contributed by atoms with Crippen molar-refractivity contribution in [3.05, 3.63) is 17.5 Å². The fourth-order valence-electron chi connectivity index (χ4n) is 3.64. The summed E-state index contributed by atoms with van der Waals surface area (Å²) < 4.78 is 5.36. The number of likely N-dealkylation sites (tertiary alicyclic amines) is 2. The first-order valence-corrected chi connectivity index (χ1v) is 8.20. The molecule has 4 nitrogen and oxygen atoms in total. The molecule has 0 unspecified atom stereocenters. The van der Waals surface area contributed by atoms with Gasteiger partial charge in [0.15, 0.2) is 5.76 Å². The van der Waals surface area contributed by atoms with Gasteiger partial charge in [-0.1, -0.05) is 18.0 Å². The third-order valence-electron chi connectivity index (χ3n) is 4.69. The highest BCUT2D eigenvalue weighted by atomic mass is 16.5. The Bertz CT molecular complexity index is 410. The van der Waals surface area contributed by atoms with E-state index in [1.54, 1.807) is 0 Å². The van der Waals surface area contributed by atoms with Crippen molar-refractivity contribution in [2.75, 3.05) is 26.2 Å². The van der Waals surface area contributed by atoms with Crippen LogP contribution in [0.1, 0.15) is 50.0 Å². The molecule has 1 aromatic heterocycles. The van der Waals surface area contributed by atoms with E-state index in [0.29, 0.717) is 0 Å². The van der Waals surface area contributed by atoms with Crippen LogP contribution in [0.2, 0.25) is 0 Å². The van der Waals surface area contributed by atoms with Crippen LogP contribution in [0.25, 0.3) is 0 Å². The SMILES string of the molecule is Cc1cc(CN2CCC[C@H](N3CCCCCC3)C2)on1. The lowest BCUT2D eigenvalue weighted by molar-refractivity contribution is 0.0898. The third-order valence-corrected chi connectivity index (χ3v) is 4.69. The fraction of sp³-hybridized carbons (Fsp3) is 0.812. The van der Waals surface area contributed by atoms with Crippen LogP contribution in [0.4, 0.5) is 0 Å². The number of piperidine rings is 1. The van der Waals surface area contributed by atoms with Gasteiger partial charge in [0.05, 0.1) is 12.2 Å². The summed E-state index contributed by atoms with van der Waals surface area (Å²) in [5, 5.41) is 3.99. The maximum Gasteiger partial charge on any atom is 0.150 e. The minimum absolute atomic E-state index is 0.755. The second-order valence-electron chi connectivity index (χ2n) is 6.42. The van der Waals surface area contributed by atoms with E-state index in [1.165, 1.54) is 64.7 Å². The number of hydrogen-bond donors (Lipinski definition) is 0. The van der Waals surface area contributed by atoms with Crippen LogP contribution in [-0.4, -0.2) is 47.2 Å². The molecule has 0 amide bonds. The van der Waals surface area contributed by atoms with Gasteiger partial charge < -0.3 is 4.52 Å². The zero-order valence-corrected chi connectivity index (χ0v) is 12.7. The van der Waals surface area contributed by atoms with Crippen molar-refractivity contribution in [3.8, 4) is 0 Å². The van der Waals surface area contributed by atoms with Gasteiger partial charge in [-0.15, -0.1) is 0 Å². The second kappa shape index (κ2) is 6.72. The van der Waals surface area contributed by atoms with Crippen molar-refractivity contribution in [1.82, 2.24) is 15.0 Å². The lowest BCUT2D eigenvalue weighted by Crippen LogP contribution is -2.47. The molecule has 0 radical (unpaired) electrons. The Kier molecular flexibility index (Phi) is 4.73. The van der Waals surface area contributed by atoms with E-state index < -0.39 is 0 Å². The Morgan fingerprint density at radius 2 is 1.95 bits per heavy atom. The standard InChI is InChI=1S/C16H27N3O/c1-14-11-16(20-17-14)13-18-8-6-7-15(12-18)19-9-4-2-3-5-10-19/h11,15H,2-10,12-13H2,1H3/t15-/m0/s1. The molecule has 0 N–H and O–H groups in total. The summed E-state index contributed by atoms with van der Waals surface area (Å²) in [7, 11) is 0. The summed E-state index contributed by atoms with van der Waals surface area (Å²) in [6, 6.07) is 2.82. The molecule has 0 aliphatic carbocycles. The summed E-state index contributed by atoms with van der Waals surface area (Å²) in [5.41, 5.74) is 0.987. The normalized spacial score (nSPS) is 26.6. The average Bonchev–Trinajstić information content (AvgIpc) is 2.71. The van der Waals surface area contributed by atoms with Crippen LogP contribution < -0.4 is 0 Å². The molecule has 2 fully saturated rings. The second-order valence-corrected chi connectivity index (χ2v) is 6.42. The number of aryl methyl sites for hydroxylation is 1. The summed E-state index contributed by atoms with van der Waals surface area (Å²) in [6.45, 7) is 7.91. The molecule has 1 aromatic rings. The van der Waals surface area contributed by atoms with Gasteiger partial charge in [-0.05, 0) is 52.2 Å². The third kappa shape index (κ3) is 3.61. The van der Waals surface area contributed by atoms with E-state index in [1.807, 2.05) is 6.92 Å². The van der Waals surface area contributed by atoms with Crippen molar-refractivity contribution >= 4 is 0 Å². The number of aromatic nitrogens is 1. The summed E-state index contributed by atoms with van der Waals surface area (Å²) in [5.74, 6) is 1.01. The van der Waals surface area contributed by atoms with Gasteiger partial charge in [-0.3, -0.25) is 9.80 Å². The molecular formula is C16H27N3O. The Balaban J connectivity index is 1.55. The van der Waals surface area contributed by atoms with Crippen LogP contribution in [-0.2, 0) is 6.54 Å². The highest BCUT2D eigenvalue weighted by Crippen LogP contribution is 2.21. The van der Waals surface area contributed by atoms with E-state index in [0.717, 1.165) is 24.0 Å². The van der Waals surface area contributed by atoms with Crippen LogP contribution >= 0.6 is 0 Å².